The van der Waals surface area contributed by atoms with Crippen molar-refractivity contribution in [3.8, 4) is 11.6 Å². The molecule has 2 heterocycles. The Bertz CT molecular complexity index is 1210. The second kappa shape index (κ2) is 13.9. The average molecular weight is 562 g/mol. The Hall–Kier alpha value is -4.66. The molecule has 216 valence electrons. The van der Waals surface area contributed by atoms with Crippen molar-refractivity contribution in [1.29, 1.82) is 0 Å². The number of carbonyl (C=O) groups excluding carboxylic acids is 3. The summed E-state index contributed by atoms with van der Waals surface area (Å²) in [6, 6.07) is 8.62. The van der Waals surface area contributed by atoms with Gasteiger partial charge in [0.1, 0.15) is 6.04 Å². The highest BCUT2D eigenvalue weighted by molar-refractivity contribution is 5.96. The summed E-state index contributed by atoms with van der Waals surface area (Å²) in [5.74, 6) is -3.68. The van der Waals surface area contributed by atoms with Gasteiger partial charge in [-0.2, -0.15) is 5.10 Å². The molecule has 40 heavy (non-hydrogen) atoms. The minimum atomic E-state index is -1.24. The summed E-state index contributed by atoms with van der Waals surface area (Å²) in [6.45, 7) is 3.81. The summed E-state index contributed by atoms with van der Waals surface area (Å²) in [7, 11) is 0. The molecule has 1 aromatic carbocycles. The number of hydrogen-bond donors (Lipinski definition) is 3. The number of piperazine rings is 1. The molecular formula is C25H31N5O10. The molecule has 2 amide bonds. The first-order valence-electron chi connectivity index (χ1n) is 12.5. The van der Waals surface area contributed by atoms with Crippen molar-refractivity contribution in [2.24, 2.45) is 0 Å². The number of nitrogens with zero attached hydrogens (tertiary/aromatic N) is 4. The molecule has 1 unspecified atom stereocenters. The highest BCUT2D eigenvalue weighted by atomic mass is 16.8. The van der Waals surface area contributed by atoms with Gasteiger partial charge < -0.3 is 34.7 Å². The average Bonchev–Trinajstić information content (AvgIpc) is 3.35. The van der Waals surface area contributed by atoms with Gasteiger partial charge in [0.15, 0.2) is 11.8 Å². The van der Waals surface area contributed by atoms with E-state index in [0.717, 1.165) is 0 Å². The number of rotatable bonds is 12. The van der Waals surface area contributed by atoms with Crippen LogP contribution in [0, 0.1) is 0 Å². The van der Waals surface area contributed by atoms with E-state index in [2.05, 4.69) is 10.4 Å². The fraction of sp³-hybridized carbons (Fsp3) is 0.440. The molecule has 3 rings (SSSR count). The Morgan fingerprint density at radius 1 is 1.05 bits per heavy atom. The van der Waals surface area contributed by atoms with Gasteiger partial charge in [-0.15, -0.1) is 5.06 Å². The number of aliphatic carboxylic acids is 2. The van der Waals surface area contributed by atoms with Crippen LogP contribution in [0.3, 0.4) is 0 Å². The molecule has 15 nitrogen and oxygen atoms in total. The van der Waals surface area contributed by atoms with Crippen LogP contribution in [0.15, 0.2) is 36.4 Å². The molecule has 0 radical (unpaired) electrons. The van der Waals surface area contributed by atoms with Gasteiger partial charge in [0.2, 0.25) is 11.8 Å². The first kappa shape index (κ1) is 29.9. The summed E-state index contributed by atoms with van der Waals surface area (Å²) in [5.41, 5.74) is 0.327. The smallest absolute Gasteiger partial charge is 0.481 e. The molecule has 1 aromatic heterocycles. The third-order valence-corrected chi connectivity index (χ3v) is 5.82. The largest absolute Gasteiger partial charge is 0.527 e. The summed E-state index contributed by atoms with van der Waals surface area (Å²) in [5, 5.41) is 26.6. The number of hydroxylamine groups is 2. The minimum absolute atomic E-state index is 0.0163. The van der Waals surface area contributed by atoms with Gasteiger partial charge >= 0.3 is 18.1 Å². The topological polar surface area (TPSA) is 190 Å². The molecule has 2 aromatic rings. The zero-order valence-corrected chi connectivity index (χ0v) is 22.0. The second-order valence-corrected chi connectivity index (χ2v) is 8.70. The monoisotopic (exact) mass is 561 g/mol. The van der Waals surface area contributed by atoms with Crippen molar-refractivity contribution >= 4 is 29.9 Å². The van der Waals surface area contributed by atoms with Crippen LogP contribution in [-0.4, -0.2) is 105 Å². The van der Waals surface area contributed by atoms with Gasteiger partial charge in [0.25, 0.3) is 5.91 Å². The van der Waals surface area contributed by atoms with Gasteiger partial charge in [0.05, 0.1) is 25.4 Å². The van der Waals surface area contributed by atoms with Crippen LogP contribution in [0.1, 0.15) is 37.2 Å². The van der Waals surface area contributed by atoms with Gasteiger partial charge in [0, 0.05) is 25.6 Å². The van der Waals surface area contributed by atoms with Crippen LogP contribution in [0.2, 0.25) is 0 Å². The predicted octanol–water partition coefficient (Wildman–Crippen LogP) is 0.920. The van der Waals surface area contributed by atoms with E-state index in [-0.39, 0.29) is 57.2 Å². The predicted molar refractivity (Wildman–Crippen MR) is 136 cm³/mol. The molecule has 1 aliphatic heterocycles. The molecule has 0 saturated carbocycles. The minimum Gasteiger partial charge on any atom is -0.481 e. The SMILES string of the molecule is CCOC(=O)ON1CCN(C(=O)C(CCC(=O)O)NC(=O)c2cc(O[C@@H](C)C(=O)O)n(-c3ccccc3)n2)CC1. The number of nitrogens with one attached hydrogen (secondary N) is 1. The number of benzene rings is 1. The lowest BCUT2D eigenvalue weighted by molar-refractivity contribution is -0.157. The van der Waals surface area contributed by atoms with Crippen LogP contribution in [0.25, 0.3) is 5.69 Å². The summed E-state index contributed by atoms with van der Waals surface area (Å²) >= 11 is 0. The first-order chi connectivity index (χ1) is 19.1. The van der Waals surface area contributed by atoms with E-state index in [1.807, 2.05) is 0 Å². The van der Waals surface area contributed by atoms with Gasteiger partial charge in [-0.25, -0.2) is 14.3 Å². The lowest BCUT2D eigenvalue weighted by Crippen LogP contribution is -2.55. The number of carboxylic acids is 2. The summed E-state index contributed by atoms with van der Waals surface area (Å²) in [4.78, 5) is 67.0. The van der Waals surface area contributed by atoms with Crippen LogP contribution in [0.4, 0.5) is 4.79 Å². The maximum absolute atomic E-state index is 13.3. The van der Waals surface area contributed by atoms with E-state index in [1.54, 1.807) is 37.3 Å². The molecule has 2 atom stereocenters. The number of para-hydroxylation sites is 1. The van der Waals surface area contributed by atoms with Crippen molar-refractivity contribution in [2.45, 2.75) is 38.8 Å². The molecule has 0 aliphatic carbocycles. The quantitative estimate of drug-likeness (QED) is 0.311. The molecular weight excluding hydrogens is 530 g/mol. The molecule has 3 N–H and O–H groups in total. The maximum atomic E-state index is 13.3. The molecule has 0 spiro atoms. The van der Waals surface area contributed by atoms with Crippen molar-refractivity contribution in [1.82, 2.24) is 25.1 Å². The lowest BCUT2D eigenvalue weighted by atomic mass is 10.1. The van der Waals surface area contributed by atoms with Crippen molar-refractivity contribution in [2.75, 3.05) is 32.8 Å². The van der Waals surface area contributed by atoms with E-state index < -0.39 is 42.1 Å². The van der Waals surface area contributed by atoms with Gasteiger partial charge in [-0.1, -0.05) is 18.2 Å². The van der Waals surface area contributed by atoms with Gasteiger partial charge in [-0.05, 0) is 32.4 Å². The third kappa shape index (κ3) is 8.17. The maximum Gasteiger partial charge on any atom is 0.527 e. The van der Waals surface area contributed by atoms with Crippen LogP contribution in [0.5, 0.6) is 5.88 Å². The molecule has 1 aliphatic rings. The number of aromatic nitrogens is 2. The second-order valence-electron chi connectivity index (χ2n) is 8.70. The highest BCUT2D eigenvalue weighted by Gasteiger charge is 2.31. The summed E-state index contributed by atoms with van der Waals surface area (Å²) in [6.07, 6.45) is -2.67. The lowest BCUT2D eigenvalue weighted by Gasteiger charge is -2.35. The van der Waals surface area contributed by atoms with E-state index in [9.17, 15) is 34.2 Å². The third-order valence-electron chi connectivity index (χ3n) is 5.82. The van der Waals surface area contributed by atoms with Crippen LogP contribution >= 0.6 is 0 Å². The van der Waals surface area contributed by atoms with Crippen molar-refractivity contribution in [3.63, 3.8) is 0 Å². The zero-order chi connectivity index (χ0) is 29.2. The Labute approximate surface area is 229 Å². The van der Waals surface area contributed by atoms with E-state index in [4.69, 9.17) is 14.3 Å². The number of carbonyl (C=O) groups is 5. The molecule has 1 fully saturated rings. The summed E-state index contributed by atoms with van der Waals surface area (Å²) < 4.78 is 11.5. The number of hydrogen-bond acceptors (Lipinski definition) is 10. The highest BCUT2D eigenvalue weighted by Crippen LogP contribution is 2.21. The number of amides is 2. The Morgan fingerprint density at radius 2 is 1.73 bits per heavy atom. The fourth-order valence-corrected chi connectivity index (χ4v) is 3.77. The van der Waals surface area contributed by atoms with E-state index in [1.165, 1.54) is 27.6 Å². The van der Waals surface area contributed by atoms with E-state index in [0.29, 0.717) is 5.69 Å². The standard InChI is InChI=1S/C25H31N5O10/c1-3-38-25(37)40-29-13-11-28(12-14-29)23(34)18(9-10-21(31)32)26-22(33)19-15-20(39-16(2)24(35)36)30(27-19)17-7-5-4-6-8-17/h4-8,15-16,18H,3,9-14H2,1-2H3,(H,26,33)(H,31,32)(H,35,36)/t16-,18?/m0/s1. The van der Waals surface area contributed by atoms with E-state index >= 15 is 0 Å². The van der Waals surface area contributed by atoms with Crippen LogP contribution < -0.4 is 10.1 Å². The van der Waals surface area contributed by atoms with Crippen molar-refractivity contribution < 1.29 is 48.5 Å². The van der Waals surface area contributed by atoms with Crippen molar-refractivity contribution in [3.05, 3.63) is 42.1 Å². The normalized spacial score (nSPS) is 15.0. The number of carboxylic acid groups (broad SMARTS) is 2. The molecule has 1 saturated heterocycles. The Kier molecular flexibility index (Phi) is 10.4. The first-order valence-corrected chi connectivity index (χ1v) is 12.5. The zero-order valence-electron chi connectivity index (χ0n) is 22.0. The molecule has 15 heteroatoms. The fourth-order valence-electron chi connectivity index (χ4n) is 3.77. The molecule has 0 bridgehead atoms. The Morgan fingerprint density at radius 3 is 2.33 bits per heavy atom. The number of ether oxygens (including phenoxy) is 2. The van der Waals surface area contributed by atoms with Crippen LogP contribution in [-0.2, 0) is 24.0 Å². The van der Waals surface area contributed by atoms with Gasteiger partial charge in [-0.3, -0.25) is 14.4 Å². The Balaban J connectivity index is 1.75.